The van der Waals surface area contributed by atoms with Gasteiger partial charge in [0.1, 0.15) is 5.60 Å². The van der Waals surface area contributed by atoms with Crippen LogP contribution in [0.4, 0.5) is 0 Å². The Labute approximate surface area is 115 Å². The summed E-state index contributed by atoms with van der Waals surface area (Å²) in [6, 6.07) is 10.1. The number of hydrogen-bond acceptors (Lipinski definition) is 2. The van der Waals surface area contributed by atoms with Crippen LogP contribution in [0.5, 0.6) is 0 Å². The van der Waals surface area contributed by atoms with Crippen molar-refractivity contribution in [2.75, 3.05) is 0 Å². The minimum atomic E-state index is -0.467. The van der Waals surface area contributed by atoms with Gasteiger partial charge in [-0.05, 0) is 39.3 Å². The summed E-state index contributed by atoms with van der Waals surface area (Å²) >= 11 is 0. The fraction of sp³-hybridized carbons (Fsp3) is 0.412. The molecule has 1 atom stereocenters. The highest BCUT2D eigenvalue weighted by Gasteiger charge is 2.17. The topological polar surface area (TPSA) is 26.3 Å². The van der Waals surface area contributed by atoms with Crippen molar-refractivity contribution in [2.24, 2.45) is 0 Å². The Morgan fingerprint density at radius 3 is 2.37 bits per heavy atom. The van der Waals surface area contributed by atoms with Gasteiger partial charge in [0.2, 0.25) is 0 Å². The van der Waals surface area contributed by atoms with Crippen molar-refractivity contribution in [3.8, 4) is 0 Å². The molecule has 0 aliphatic rings. The Balaban J connectivity index is 2.78. The van der Waals surface area contributed by atoms with Gasteiger partial charge in [0.25, 0.3) is 0 Å². The quantitative estimate of drug-likeness (QED) is 0.460. The number of carbonyl (C=O) groups is 1. The number of benzene rings is 1. The lowest BCUT2D eigenvalue weighted by molar-refractivity contribution is -0.149. The molecule has 0 saturated carbocycles. The first-order chi connectivity index (χ1) is 8.79. The van der Waals surface area contributed by atoms with E-state index in [1.54, 1.807) is 6.92 Å². The van der Waals surface area contributed by atoms with E-state index in [1.165, 1.54) is 5.56 Å². The summed E-state index contributed by atoms with van der Waals surface area (Å²) in [7, 11) is 0. The Bertz CT molecular complexity index is 486. The third kappa shape index (κ3) is 5.58. The second kappa shape index (κ2) is 6.40. The van der Waals surface area contributed by atoms with Crippen molar-refractivity contribution < 1.29 is 9.53 Å². The van der Waals surface area contributed by atoms with Crippen LogP contribution in [0.1, 0.15) is 46.1 Å². The Morgan fingerprint density at radius 1 is 1.26 bits per heavy atom. The van der Waals surface area contributed by atoms with Gasteiger partial charge in [-0.25, -0.2) is 4.79 Å². The molecule has 0 heterocycles. The minimum absolute atomic E-state index is 0.221. The number of rotatable bonds is 3. The van der Waals surface area contributed by atoms with Gasteiger partial charge in [0.15, 0.2) is 0 Å². The summed E-state index contributed by atoms with van der Waals surface area (Å²) < 4.78 is 5.28. The third-order valence-electron chi connectivity index (χ3n) is 2.58. The fourth-order valence-corrected chi connectivity index (χ4v) is 1.52. The molecule has 0 aliphatic carbocycles. The lowest BCUT2D eigenvalue weighted by Crippen LogP contribution is -2.24. The zero-order chi connectivity index (χ0) is 14.5. The second-order valence-electron chi connectivity index (χ2n) is 5.64. The molecular formula is C17H22O2. The maximum absolute atomic E-state index is 11.8. The van der Waals surface area contributed by atoms with Gasteiger partial charge in [-0.2, -0.15) is 0 Å². The largest absolute Gasteiger partial charge is 0.456 e. The lowest BCUT2D eigenvalue weighted by Gasteiger charge is -2.19. The van der Waals surface area contributed by atoms with Crippen LogP contribution in [-0.4, -0.2) is 11.6 Å². The van der Waals surface area contributed by atoms with Crippen LogP contribution in [0.25, 0.3) is 0 Å². The molecule has 1 aromatic carbocycles. The Kier molecular flexibility index (Phi) is 5.14. The molecule has 1 rings (SSSR count). The molecule has 2 nitrogen and oxygen atoms in total. The van der Waals surface area contributed by atoms with Gasteiger partial charge < -0.3 is 4.74 Å². The highest BCUT2D eigenvalue weighted by molar-refractivity contribution is 5.87. The van der Waals surface area contributed by atoms with E-state index in [0.717, 1.165) is 0 Å². The Hall–Kier alpha value is -1.79. The molecule has 102 valence electrons. The number of carbonyl (C=O) groups excluding carboxylic acids is 1. The van der Waals surface area contributed by atoms with Gasteiger partial charge in [-0.15, -0.1) is 5.73 Å². The van der Waals surface area contributed by atoms with E-state index in [0.29, 0.717) is 5.57 Å². The maximum Gasteiger partial charge on any atom is 0.342 e. The van der Waals surface area contributed by atoms with E-state index >= 15 is 0 Å². The standard InChI is InChI=1S/C17H22O2/c1-13(15-9-7-6-8-10-15)11-12-14(2)16(18)19-17(3,4)5/h6-11,13H,1-5H3. The number of ether oxygens (including phenoxy) is 1. The second-order valence-corrected chi connectivity index (χ2v) is 5.64. The summed E-state index contributed by atoms with van der Waals surface area (Å²) in [5, 5.41) is 0. The van der Waals surface area contributed by atoms with Gasteiger partial charge >= 0.3 is 5.97 Å². The maximum atomic E-state index is 11.8. The summed E-state index contributed by atoms with van der Waals surface area (Å²) in [6.07, 6.45) is 1.90. The summed E-state index contributed by atoms with van der Waals surface area (Å²) in [6.45, 7) is 9.37. The molecule has 0 aliphatic heterocycles. The number of hydrogen-bond donors (Lipinski definition) is 0. The van der Waals surface area contributed by atoms with Crippen LogP contribution >= 0.6 is 0 Å². The molecule has 0 bridgehead atoms. The summed E-state index contributed by atoms with van der Waals surface area (Å²) in [5.74, 6) is -0.0948. The molecule has 0 aromatic heterocycles. The van der Waals surface area contributed by atoms with Crippen LogP contribution in [0.15, 0.2) is 47.7 Å². The van der Waals surface area contributed by atoms with Crippen LogP contribution in [0, 0.1) is 0 Å². The van der Waals surface area contributed by atoms with Gasteiger partial charge in [0, 0.05) is 5.92 Å². The minimum Gasteiger partial charge on any atom is -0.456 e. The lowest BCUT2D eigenvalue weighted by atomic mass is 10.0. The van der Waals surface area contributed by atoms with Crippen LogP contribution in [0.2, 0.25) is 0 Å². The monoisotopic (exact) mass is 258 g/mol. The van der Waals surface area contributed by atoms with Crippen molar-refractivity contribution >= 4 is 5.97 Å². The molecule has 2 heteroatoms. The van der Waals surface area contributed by atoms with Crippen LogP contribution in [-0.2, 0) is 9.53 Å². The molecule has 0 spiro atoms. The van der Waals surface area contributed by atoms with E-state index in [1.807, 2.05) is 45.0 Å². The Morgan fingerprint density at radius 2 is 1.84 bits per heavy atom. The average molecular weight is 258 g/mol. The van der Waals surface area contributed by atoms with Gasteiger partial charge in [0.05, 0.1) is 5.57 Å². The van der Waals surface area contributed by atoms with Gasteiger partial charge in [-0.1, -0.05) is 37.3 Å². The molecule has 0 radical (unpaired) electrons. The first kappa shape index (κ1) is 15.3. The van der Waals surface area contributed by atoms with Crippen molar-refractivity contribution in [1.29, 1.82) is 0 Å². The van der Waals surface area contributed by atoms with E-state index in [4.69, 9.17) is 4.74 Å². The van der Waals surface area contributed by atoms with Gasteiger partial charge in [-0.3, -0.25) is 0 Å². The highest BCUT2D eigenvalue weighted by atomic mass is 16.6. The zero-order valence-corrected chi connectivity index (χ0v) is 12.4. The molecular weight excluding hydrogens is 236 g/mol. The van der Waals surface area contributed by atoms with Crippen molar-refractivity contribution in [1.82, 2.24) is 0 Å². The van der Waals surface area contributed by atoms with Crippen LogP contribution < -0.4 is 0 Å². The predicted octanol–water partition coefficient (Wildman–Crippen LogP) is 4.23. The molecule has 1 aromatic rings. The SMILES string of the molecule is CC(=C=CC(C)c1ccccc1)C(=O)OC(C)(C)C. The van der Waals surface area contributed by atoms with Crippen LogP contribution in [0.3, 0.4) is 0 Å². The van der Waals surface area contributed by atoms with E-state index in [2.05, 4.69) is 24.8 Å². The molecule has 0 saturated heterocycles. The number of esters is 1. The normalized spacial score (nSPS) is 12.3. The zero-order valence-electron chi connectivity index (χ0n) is 12.4. The molecule has 19 heavy (non-hydrogen) atoms. The molecule has 0 amide bonds. The average Bonchev–Trinajstić information content (AvgIpc) is 2.34. The highest BCUT2D eigenvalue weighted by Crippen LogP contribution is 2.16. The van der Waals surface area contributed by atoms with Crippen molar-refractivity contribution in [2.45, 2.75) is 46.1 Å². The van der Waals surface area contributed by atoms with E-state index < -0.39 is 5.60 Å². The van der Waals surface area contributed by atoms with Crippen molar-refractivity contribution in [3.05, 3.63) is 53.3 Å². The molecule has 1 unspecified atom stereocenters. The van der Waals surface area contributed by atoms with Crippen molar-refractivity contribution in [3.63, 3.8) is 0 Å². The predicted molar refractivity (Wildman–Crippen MR) is 78.0 cm³/mol. The summed E-state index contributed by atoms with van der Waals surface area (Å²) in [5.41, 5.74) is 4.25. The third-order valence-corrected chi connectivity index (χ3v) is 2.58. The first-order valence-corrected chi connectivity index (χ1v) is 6.51. The molecule has 0 fully saturated rings. The fourth-order valence-electron chi connectivity index (χ4n) is 1.52. The first-order valence-electron chi connectivity index (χ1n) is 6.51. The van der Waals surface area contributed by atoms with E-state index in [9.17, 15) is 4.79 Å². The molecule has 0 N–H and O–H groups in total. The summed E-state index contributed by atoms with van der Waals surface area (Å²) in [4.78, 5) is 11.8. The van der Waals surface area contributed by atoms with E-state index in [-0.39, 0.29) is 11.9 Å². The smallest absolute Gasteiger partial charge is 0.342 e.